The van der Waals surface area contributed by atoms with E-state index in [0.717, 1.165) is 22.9 Å². The molecule has 29 heavy (non-hydrogen) atoms. The molecule has 1 aromatic heterocycles. The molecule has 1 aliphatic carbocycles. The zero-order valence-corrected chi connectivity index (χ0v) is 18.3. The van der Waals surface area contributed by atoms with E-state index in [0.29, 0.717) is 23.1 Å². The average molecular weight is 415 g/mol. The van der Waals surface area contributed by atoms with Crippen molar-refractivity contribution in [3.8, 4) is 16.9 Å². The fourth-order valence-electron chi connectivity index (χ4n) is 4.05. The predicted octanol–water partition coefficient (Wildman–Crippen LogP) is 6.97. The monoisotopic (exact) mass is 414 g/mol. The molecule has 1 aromatic carbocycles. The van der Waals surface area contributed by atoms with E-state index in [1.807, 2.05) is 18.5 Å². The lowest BCUT2D eigenvalue weighted by Crippen LogP contribution is -2.15. The Morgan fingerprint density at radius 1 is 1.07 bits per heavy atom. The largest absolute Gasteiger partial charge is 0.425 e. The minimum absolute atomic E-state index is 0.299. The van der Waals surface area contributed by atoms with E-state index in [9.17, 15) is 4.79 Å². The number of unbranched alkanes of at least 4 members (excludes halogenated alkanes) is 2. The first-order chi connectivity index (χ1) is 14.1. The molecule has 1 heterocycles. The average Bonchev–Trinajstić information content (AvgIpc) is 2.76. The van der Waals surface area contributed by atoms with Crippen molar-refractivity contribution in [3.63, 3.8) is 0 Å². The molecule has 0 spiro atoms. The van der Waals surface area contributed by atoms with E-state index in [4.69, 9.17) is 16.3 Å². The number of hydrogen-bond donors (Lipinski definition) is 0. The molecule has 1 aliphatic rings. The van der Waals surface area contributed by atoms with Crippen LogP contribution in [0.1, 0.15) is 83.4 Å². The molecule has 0 N–H and O–H groups in total. The Labute approximate surface area is 179 Å². The fraction of sp³-hybridized carbons (Fsp3) is 0.542. The second kappa shape index (κ2) is 10.7. The Morgan fingerprint density at radius 3 is 2.41 bits per heavy atom. The van der Waals surface area contributed by atoms with Crippen molar-refractivity contribution < 1.29 is 9.53 Å². The summed E-state index contributed by atoms with van der Waals surface area (Å²) in [6.45, 7) is 4.02. The van der Waals surface area contributed by atoms with E-state index < -0.39 is 0 Å². The lowest BCUT2D eigenvalue weighted by molar-refractivity contribution is -0.134. The quantitative estimate of drug-likeness (QED) is 0.266. The van der Waals surface area contributed by atoms with Crippen LogP contribution >= 0.6 is 11.6 Å². The van der Waals surface area contributed by atoms with Crippen LogP contribution in [0.4, 0.5) is 0 Å². The van der Waals surface area contributed by atoms with Crippen LogP contribution in [0, 0.1) is 5.92 Å². The second-order valence-corrected chi connectivity index (χ2v) is 8.42. The standard InChI is InChI=1S/C24H31ClN2O2/c1-3-5-6-7-17-8-10-18(11-9-17)24-26-15-20(16-27-24)19-12-13-22(21(25)14-19)29-23(28)4-2/h12-18H,3-11H2,1-2H3. The van der Waals surface area contributed by atoms with Crippen LogP contribution in [0.15, 0.2) is 30.6 Å². The summed E-state index contributed by atoms with van der Waals surface area (Å²) < 4.78 is 5.22. The molecule has 156 valence electrons. The van der Waals surface area contributed by atoms with Gasteiger partial charge in [0.1, 0.15) is 11.6 Å². The molecule has 0 amide bonds. The topological polar surface area (TPSA) is 52.1 Å². The molecule has 1 fully saturated rings. The molecular formula is C24H31ClN2O2. The van der Waals surface area contributed by atoms with Crippen molar-refractivity contribution >= 4 is 17.6 Å². The summed E-state index contributed by atoms with van der Waals surface area (Å²) in [4.78, 5) is 20.8. The van der Waals surface area contributed by atoms with Crippen molar-refractivity contribution in [2.45, 2.75) is 77.6 Å². The minimum Gasteiger partial charge on any atom is -0.425 e. The summed E-state index contributed by atoms with van der Waals surface area (Å²) in [6, 6.07) is 5.39. The molecule has 4 nitrogen and oxygen atoms in total. The van der Waals surface area contributed by atoms with Crippen LogP contribution in [-0.4, -0.2) is 15.9 Å². The lowest BCUT2D eigenvalue weighted by Gasteiger charge is -2.27. The van der Waals surface area contributed by atoms with Gasteiger partial charge >= 0.3 is 5.97 Å². The zero-order chi connectivity index (χ0) is 20.6. The Kier molecular flexibility index (Phi) is 8.05. The first-order valence-corrected chi connectivity index (χ1v) is 11.3. The van der Waals surface area contributed by atoms with Gasteiger partial charge in [-0.2, -0.15) is 0 Å². The second-order valence-electron chi connectivity index (χ2n) is 8.02. The highest BCUT2D eigenvalue weighted by Gasteiger charge is 2.23. The molecule has 1 saturated carbocycles. The van der Waals surface area contributed by atoms with Crippen LogP contribution < -0.4 is 4.74 Å². The van der Waals surface area contributed by atoms with Crippen molar-refractivity contribution in [2.24, 2.45) is 5.92 Å². The highest BCUT2D eigenvalue weighted by molar-refractivity contribution is 6.32. The molecule has 0 atom stereocenters. The number of nitrogens with zero attached hydrogens (tertiary/aromatic N) is 2. The van der Waals surface area contributed by atoms with Gasteiger partial charge in [0.2, 0.25) is 0 Å². The Bertz CT molecular complexity index is 799. The summed E-state index contributed by atoms with van der Waals surface area (Å²) >= 11 is 6.27. The predicted molar refractivity (Wildman–Crippen MR) is 117 cm³/mol. The third-order valence-electron chi connectivity index (χ3n) is 5.88. The summed E-state index contributed by atoms with van der Waals surface area (Å²) in [5.74, 6) is 2.41. The molecule has 5 heteroatoms. The van der Waals surface area contributed by atoms with E-state index in [1.165, 1.54) is 51.4 Å². The number of carbonyl (C=O) groups is 1. The maximum absolute atomic E-state index is 11.5. The Morgan fingerprint density at radius 2 is 1.79 bits per heavy atom. The van der Waals surface area contributed by atoms with Crippen LogP contribution in [-0.2, 0) is 4.79 Å². The number of aromatic nitrogens is 2. The van der Waals surface area contributed by atoms with E-state index in [2.05, 4.69) is 16.9 Å². The molecule has 0 saturated heterocycles. The van der Waals surface area contributed by atoms with E-state index in [-0.39, 0.29) is 5.97 Å². The number of carbonyl (C=O) groups excluding carboxylic acids is 1. The van der Waals surface area contributed by atoms with Gasteiger partial charge in [0.25, 0.3) is 0 Å². The van der Waals surface area contributed by atoms with Crippen LogP contribution in [0.3, 0.4) is 0 Å². The van der Waals surface area contributed by atoms with Crippen LogP contribution in [0.25, 0.3) is 11.1 Å². The van der Waals surface area contributed by atoms with E-state index >= 15 is 0 Å². The maximum Gasteiger partial charge on any atom is 0.310 e. The molecule has 3 rings (SSSR count). The third kappa shape index (κ3) is 6.02. The van der Waals surface area contributed by atoms with Gasteiger partial charge in [-0.25, -0.2) is 9.97 Å². The molecule has 0 bridgehead atoms. The number of hydrogen-bond acceptors (Lipinski definition) is 4. The van der Waals surface area contributed by atoms with Gasteiger partial charge in [0, 0.05) is 30.3 Å². The Balaban J connectivity index is 1.59. The van der Waals surface area contributed by atoms with Gasteiger partial charge in [-0.15, -0.1) is 0 Å². The summed E-state index contributed by atoms with van der Waals surface area (Å²) in [7, 11) is 0. The van der Waals surface area contributed by atoms with Gasteiger partial charge < -0.3 is 4.74 Å². The SMILES string of the molecule is CCCCCC1CCC(c2ncc(-c3ccc(OC(=O)CC)c(Cl)c3)cn2)CC1. The lowest BCUT2D eigenvalue weighted by atomic mass is 9.79. The van der Waals surface area contributed by atoms with Crippen molar-refractivity contribution in [3.05, 3.63) is 41.4 Å². The van der Waals surface area contributed by atoms with Crippen LogP contribution in [0.2, 0.25) is 5.02 Å². The fourth-order valence-corrected chi connectivity index (χ4v) is 4.27. The zero-order valence-electron chi connectivity index (χ0n) is 17.5. The van der Waals surface area contributed by atoms with Gasteiger partial charge in [-0.3, -0.25) is 4.79 Å². The normalized spacial score (nSPS) is 19.1. The smallest absolute Gasteiger partial charge is 0.310 e. The number of benzene rings is 1. The molecular weight excluding hydrogens is 384 g/mol. The number of halogens is 1. The minimum atomic E-state index is -0.299. The number of rotatable bonds is 8. The first-order valence-electron chi connectivity index (χ1n) is 10.9. The summed E-state index contributed by atoms with van der Waals surface area (Å²) in [5.41, 5.74) is 1.83. The van der Waals surface area contributed by atoms with Crippen molar-refractivity contribution in [1.29, 1.82) is 0 Å². The van der Waals surface area contributed by atoms with Crippen molar-refractivity contribution in [1.82, 2.24) is 9.97 Å². The van der Waals surface area contributed by atoms with Gasteiger partial charge in [0.15, 0.2) is 0 Å². The van der Waals surface area contributed by atoms with Crippen molar-refractivity contribution in [2.75, 3.05) is 0 Å². The van der Waals surface area contributed by atoms with Gasteiger partial charge in [0.05, 0.1) is 5.02 Å². The van der Waals surface area contributed by atoms with E-state index in [1.54, 1.807) is 19.1 Å². The summed E-state index contributed by atoms with van der Waals surface area (Å²) in [5, 5.41) is 0.412. The molecule has 0 aliphatic heterocycles. The maximum atomic E-state index is 11.5. The third-order valence-corrected chi connectivity index (χ3v) is 6.17. The van der Waals surface area contributed by atoms with Crippen LogP contribution in [0.5, 0.6) is 5.75 Å². The van der Waals surface area contributed by atoms with Gasteiger partial charge in [-0.1, -0.05) is 57.2 Å². The summed E-state index contributed by atoms with van der Waals surface area (Å²) in [6.07, 6.45) is 14.5. The highest BCUT2D eigenvalue weighted by Crippen LogP contribution is 2.37. The molecule has 0 radical (unpaired) electrons. The molecule has 0 unspecified atom stereocenters. The number of esters is 1. The molecule has 2 aromatic rings. The first kappa shape index (κ1) is 21.8. The number of ether oxygens (including phenoxy) is 1. The van der Waals surface area contributed by atoms with Gasteiger partial charge in [-0.05, 0) is 49.3 Å². The highest BCUT2D eigenvalue weighted by atomic mass is 35.5. The Hall–Kier alpha value is -1.94.